The second-order valence-corrected chi connectivity index (χ2v) is 5.25. The molecule has 1 unspecified atom stereocenters. The van der Waals surface area contributed by atoms with E-state index >= 15 is 0 Å². The molecular weight excluding hydrogens is 234 g/mol. The highest BCUT2D eigenvalue weighted by Crippen LogP contribution is 2.13. The Balaban J connectivity index is 1.82. The second kappa shape index (κ2) is 6.34. The first-order valence-corrected chi connectivity index (χ1v) is 6.62. The van der Waals surface area contributed by atoms with E-state index in [0.717, 1.165) is 31.2 Å². The van der Waals surface area contributed by atoms with Crippen LogP contribution < -0.4 is 5.32 Å². The van der Waals surface area contributed by atoms with Gasteiger partial charge in [-0.15, -0.1) is 0 Å². The first-order valence-electron chi connectivity index (χ1n) is 6.25. The maximum absolute atomic E-state index is 5.88. The molecule has 1 N–H and O–H groups in total. The van der Waals surface area contributed by atoms with Crippen molar-refractivity contribution < 1.29 is 0 Å². The van der Waals surface area contributed by atoms with Crippen molar-refractivity contribution in [2.24, 2.45) is 5.92 Å². The smallest absolute Gasteiger partial charge is 0.129 e. The number of hydrogen-bond acceptors (Lipinski definition) is 3. The van der Waals surface area contributed by atoms with Crippen molar-refractivity contribution in [2.45, 2.75) is 19.4 Å². The molecule has 0 amide bonds. The van der Waals surface area contributed by atoms with Crippen LogP contribution in [-0.4, -0.2) is 36.6 Å². The number of hydrogen-bond donors (Lipinski definition) is 1. The Kier molecular flexibility index (Phi) is 4.77. The van der Waals surface area contributed by atoms with Gasteiger partial charge in [-0.25, -0.2) is 4.98 Å². The van der Waals surface area contributed by atoms with Crippen LogP contribution in [0.1, 0.15) is 18.5 Å². The zero-order valence-electron chi connectivity index (χ0n) is 10.3. The van der Waals surface area contributed by atoms with Gasteiger partial charge < -0.3 is 10.2 Å². The highest BCUT2D eigenvalue weighted by atomic mass is 35.5. The fourth-order valence-corrected chi connectivity index (χ4v) is 2.58. The second-order valence-electron chi connectivity index (χ2n) is 4.86. The highest BCUT2D eigenvalue weighted by Gasteiger charge is 2.15. The van der Waals surface area contributed by atoms with E-state index in [-0.39, 0.29) is 0 Å². The predicted octanol–water partition coefficient (Wildman–Crippen LogP) is 2.17. The van der Waals surface area contributed by atoms with Crippen LogP contribution in [-0.2, 0) is 6.54 Å². The van der Waals surface area contributed by atoms with Gasteiger partial charge in [0.15, 0.2) is 0 Å². The lowest BCUT2D eigenvalue weighted by Gasteiger charge is -2.27. The number of nitrogens with one attached hydrogen (secondary N) is 1. The molecule has 0 aromatic carbocycles. The molecule has 94 valence electrons. The quantitative estimate of drug-likeness (QED) is 0.834. The predicted molar refractivity (Wildman–Crippen MR) is 71.2 cm³/mol. The Morgan fingerprint density at radius 1 is 1.53 bits per heavy atom. The fraction of sp³-hybridized carbons (Fsp3) is 0.615. The standard InChI is InChI=1S/C13H20ClN3/c1-17(9-11-4-3-7-15-8-11)10-12-5-2-6-13(14)16-12/h2,5-6,11,15H,3-4,7-10H2,1H3. The molecule has 1 aromatic rings. The minimum atomic E-state index is 0.579. The van der Waals surface area contributed by atoms with Gasteiger partial charge in [-0.05, 0) is 51.0 Å². The zero-order chi connectivity index (χ0) is 12.1. The third-order valence-corrected chi connectivity index (χ3v) is 3.38. The number of pyridine rings is 1. The topological polar surface area (TPSA) is 28.2 Å². The van der Waals surface area contributed by atoms with Crippen molar-refractivity contribution in [1.29, 1.82) is 0 Å². The van der Waals surface area contributed by atoms with E-state index < -0.39 is 0 Å². The maximum atomic E-state index is 5.88. The van der Waals surface area contributed by atoms with Gasteiger partial charge in [0.25, 0.3) is 0 Å². The maximum Gasteiger partial charge on any atom is 0.129 e. The van der Waals surface area contributed by atoms with Crippen molar-refractivity contribution in [1.82, 2.24) is 15.2 Å². The van der Waals surface area contributed by atoms with Crippen LogP contribution in [0.25, 0.3) is 0 Å². The summed E-state index contributed by atoms with van der Waals surface area (Å²) in [6.07, 6.45) is 2.63. The van der Waals surface area contributed by atoms with Gasteiger partial charge in [-0.2, -0.15) is 0 Å². The summed E-state index contributed by atoms with van der Waals surface area (Å²) in [5, 5.41) is 4.03. The van der Waals surface area contributed by atoms with Crippen molar-refractivity contribution in [3.63, 3.8) is 0 Å². The molecule has 1 atom stereocenters. The van der Waals surface area contributed by atoms with Crippen LogP contribution in [0.5, 0.6) is 0 Å². The van der Waals surface area contributed by atoms with E-state index in [9.17, 15) is 0 Å². The molecule has 1 aliphatic heterocycles. The van der Waals surface area contributed by atoms with Crippen LogP contribution in [0.2, 0.25) is 5.15 Å². The van der Waals surface area contributed by atoms with Gasteiger partial charge in [-0.1, -0.05) is 17.7 Å². The van der Waals surface area contributed by atoms with Gasteiger partial charge in [0, 0.05) is 13.1 Å². The summed E-state index contributed by atoms with van der Waals surface area (Å²) in [5.41, 5.74) is 1.05. The van der Waals surface area contributed by atoms with E-state index in [0.29, 0.717) is 5.15 Å². The summed E-state index contributed by atoms with van der Waals surface area (Å²) in [7, 11) is 2.15. The first kappa shape index (κ1) is 12.8. The van der Waals surface area contributed by atoms with Crippen LogP contribution in [0.3, 0.4) is 0 Å². The summed E-state index contributed by atoms with van der Waals surface area (Å²) < 4.78 is 0. The van der Waals surface area contributed by atoms with Crippen molar-refractivity contribution in [3.8, 4) is 0 Å². The fourth-order valence-electron chi connectivity index (χ4n) is 2.40. The Morgan fingerprint density at radius 2 is 2.41 bits per heavy atom. The normalized spacial score (nSPS) is 20.8. The molecule has 17 heavy (non-hydrogen) atoms. The number of aromatic nitrogens is 1. The number of nitrogens with zero attached hydrogens (tertiary/aromatic N) is 2. The number of halogens is 1. The summed E-state index contributed by atoms with van der Waals surface area (Å²) >= 11 is 5.88. The van der Waals surface area contributed by atoms with Crippen LogP contribution in [0.15, 0.2) is 18.2 Å². The molecule has 1 fully saturated rings. The Labute approximate surface area is 108 Å². The summed E-state index contributed by atoms with van der Waals surface area (Å²) in [4.78, 5) is 6.64. The van der Waals surface area contributed by atoms with E-state index in [2.05, 4.69) is 22.2 Å². The molecule has 1 aromatic heterocycles. The Hall–Kier alpha value is -0.640. The van der Waals surface area contributed by atoms with Crippen molar-refractivity contribution in [2.75, 3.05) is 26.7 Å². The van der Waals surface area contributed by atoms with E-state index in [1.807, 2.05) is 18.2 Å². The number of rotatable bonds is 4. The van der Waals surface area contributed by atoms with E-state index in [1.54, 1.807) is 0 Å². The monoisotopic (exact) mass is 253 g/mol. The summed E-state index contributed by atoms with van der Waals surface area (Å²) in [6, 6.07) is 5.80. The van der Waals surface area contributed by atoms with Crippen LogP contribution in [0.4, 0.5) is 0 Å². The molecule has 0 saturated carbocycles. The van der Waals surface area contributed by atoms with Crippen LogP contribution in [0, 0.1) is 5.92 Å². The lowest BCUT2D eigenvalue weighted by Crippen LogP contribution is -2.36. The average molecular weight is 254 g/mol. The molecule has 0 spiro atoms. The zero-order valence-corrected chi connectivity index (χ0v) is 11.1. The molecule has 0 aliphatic carbocycles. The lowest BCUT2D eigenvalue weighted by molar-refractivity contribution is 0.235. The molecule has 1 aliphatic rings. The van der Waals surface area contributed by atoms with Gasteiger partial charge in [0.1, 0.15) is 5.15 Å². The molecule has 1 saturated heterocycles. The molecule has 4 heteroatoms. The Bertz CT molecular complexity index is 350. The third-order valence-electron chi connectivity index (χ3n) is 3.17. The largest absolute Gasteiger partial charge is 0.316 e. The molecule has 2 heterocycles. The molecule has 3 nitrogen and oxygen atoms in total. The molecule has 0 radical (unpaired) electrons. The van der Waals surface area contributed by atoms with E-state index in [1.165, 1.54) is 19.4 Å². The Morgan fingerprint density at radius 3 is 3.12 bits per heavy atom. The molecule has 0 bridgehead atoms. The summed E-state index contributed by atoms with van der Waals surface area (Å²) in [6.45, 7) is 4.32. The summed E-state index contributed by atoms with van der Waals surface area (Å²) in [5.74, 6) is 0.771. The molecule has 2 rings (SSSR count). The highest BCUT2D eigenvalue weighted by molar-refractivity contribution is 6.29. The lowest BCUT2D eigenvalue weighted by atomic mass is 9.99. The van der Waals surface area contributed by atoms with Crippen molar-refractivity contribution in [3.05, 3.63) is 29.0 Å². The first-order chi connectivity index (χ1) is 8.24. The van der Waals surface area contributed by atoms with Crippen LogP contribution >= 0.6 is 11.6 Å². The number of piperidine rings is 1. The molecular formula is C13H20ClN3. The van der Waals surface area contributed by atoms with Gasteiger partial charge in [0.2, 0.25) is 0 Å². The average Bonchev–Trinajstić information content (AvgIpc) is 2.30. The minimum absolute atomic E-state index is 0.579. The minimum Gasteiger partial charge on any atom is -0.316 e. The third kappa shape index (κ3) is 4.26. The van der Waals surface area contributed by atoms with Gasteiger partial charge in [0.05, 0.1) is 5.69 Å². The van der Waals surface area contributed by atoms with Gasteiger partial charge >= 0.3 is 0 Å². The van der Waals surface area contributed by atoms with Crippen molar-refractivity contribution >= 4 is 11.6 Å². The van der Waals surface area contributed by atoms with Gasteiger partial charge in [-0.3, -0.25) is 0 Å². The van der Waals surface area contributed by atoms with E-state index in [4.69, 9.17) is 11.6 Å². The SMILES string of the molecule is CN(Cc1cccc(Cl)n1)CC1CCCNC1.